The van der Waals surface area contributed by atoms with Gasteiger partial charge in [0.2, 0.25) is 0 Å². The van der Waals surface area contributed by atoms with E-state index in [0.717, 1.165) is 12.1 Å². The standard InChI is InChI=1S/C17H34NPSi/c1-19(15-20(2,3)4)18(16-11-7-5-8-12-16)17-13-9-6-10-14-17/h16-17H,5-14H2,1-4H3. The molecule has 0 aromatic heterocycles. The van der Waals surface area contributed by atoms with E-state index in [4.69, 9.17) is 0 Å². The van der Waals surface area contributed by atoms with E-state index < -0.39 is 8.07 Å². The molecule has 2 saturated carbocycles. The minimum atomic E-state index is -1.17. The van der Waals surface area contributed by atoms with E-state index in [1.54, 1.807) is 0 Å². The molecular weight excluding hydrogens is 277 g/mol. The van der Waals surface area contributed by atoms with Crippen LogP contribution in [0, 0.1) is 5.79 Å². The van der Waals surface area contributed by atoms with Crippen molar-refractivity contribution in [1.82, 2.24) is 4.67 Å². The Morgan fingerprint density at radius 2 is 1.20 bits per heavy atom. The van der Waals surface area contributed by atoms with Crippen LogP contribution in [0.5, 0.6) is 0 Å². The highest BCUT2D eigenvalue weighted by Gasteiger charge is 2.34. The van der Waals surface area contributed by atoms with E-state index >= 15 is 0 Å². The molecule has 2 radical (unpaired) electrons. The summed E-state index contributed by atoms with van der Waals surface area (Å²) in [4.78, 5) is 0. The molecule has 0 N–H and O–H groups in total. The lowest BCUT2D eigenvalue weighted by Crippen LogP contribution is -2.42. The fourth-order valence-electron chi connectivity index (χ4n) is 4.02. The first-order valence-electron chi connectivity index (χ1n) is 8.77. The van der Waals surface area contributed by atoms with Gasteiger partial charge in [0.15, 0.2) is 0 Å². The molecule has 2 aliphatic carbocycles. The van der Waals surface area contributed by atoms with E-state index in [-0.39, 0.29) is 8.07 Å². The van der Waals surface area contributed by atoms with Gasteiger partial charge in [-0.05, 0) is 40.4 Å². The van der Waals surface area contributed by atoms with Crippen molar-refractivity contribution in [2.45, 2.75) is 95.9 Å². The molecule has 116 valence electrons. The number of hydrogen-bond donors (Lipinski definition) is 0. The fraction of sp³-hybridized carbons (Fsp3) is 0.941. The lowest BCUT2D eigenvalue weighted by atomic mass is 9.91. The molecular formula is C17H34NPSi. The molecule has 2 fully saturated rings. The molecule has 0 aromatic rings. The number of hydrogen-bond acceptors (Lipinski definition) is 1. The maximum absolute atomic E-state index is 4.04. The van der Waals surface area contributed by atoms with Gasteiger partial charge in [0.25, 0.3) is 0 Å². The third-order valence-electron chi connectivity index (χ3n) is 4.74. The van der Waals surface area contributed by atoms with Crippen LogP contribution in [-0.4, -0.2) is 31.5 Å². The van der Waals surface area contributed by atoms with Crippen molar-refractivity contribution in [3.63, 3.8) is 0 Å². The van der Waals surface area contributed by atoms with Crippen molar-refractivity contribution in [3.8, 4) is 0 Å². The molecule has 0 amide bonds. The normalized spacial score (nSPS) is 25.1. The van der Waals surface area contributed by atoms with Gasteiger partial charge in [-0.1, -0.05) is 58.2 Å². The van der Waals surface area contributed by atoms with Gasteiger partial charge in [-0.2, -0.15) is 0 Å². The molecule has 2 aliphatic rings. The summed E-state index contributed by atoms with van der Waals surface area (Å²) in [6.45, 7) is 9.85. The average molecular weight is 312 g/mol. The maximum Gasteiger partial charge on any atom is 0.0589 e. The van der Waals surface area contributed by atoms with Gasteiger partial charge in [-0.15, -0.1) is 0 Å². The first-order chi connectivity index (χ1) is 9.47. The second-order valence-corrected chi connectivity index (χ2v) is 14.8. The highest BCUT2D eigenvalue weighted by Crippen LogP contribution is 2.50. The molecule has 1 nitrogen and oxygen atoms in total. The minimum Gasteiger partial charge on any atom is -0.276 e. The summed E-state index contributed by atoms with van der Waals surface area (Å²) in [5.74, 6) is 4.04. The average Bonchev–Trinajstić information content (AvgIpc) is 2.39. The quantitative estimate of drug-likeness (QED) is 0.451. The lowest BCUT2D eigenvalue weighted by molar-refractivity contribution is 0.178. The zero-order valence-electron chi connectivity index (χ0n) is 14.1. The van der Waals surface area contributed by atoms with E-state index in [2.05, 4.69) is 36.8 Å². The highest BCUT2D eigenvalue weighted by molar-refractivity contribution is 7.60. The molecule has 0 aromatic carbocycles. The largest absolute Gasteiger partial charge is 0.276 e. The molecule has 1 atom stereocenters. The second kappa shape index (κ2) is 7.74. The SMILES string of the molecule is CP([C][Si](C)(C)C)N(C1CCCCC1)C1CCCCC1. The minimum absolute atomic E-state index is 0.133. The molecule has 0 bridgehead atoms. The molecule has 0 heterocycles. The Labute approximate surface area is 129 Å². The summed E-state index contributed by atoms with van der Waals surface area (Å²) >= 11 is 0. The van der Waals surface area contributed by atoms with Crippen LogP contribution in [0.15, 0.2) is 0 Å². The Hall–Kier alpha value is 0.607. The van der Waals surface area contributed by atoms with Gasteiger partial charge in [-0.25, -0.2) is 0 Å². The Morgan fingerprint density at radius 1 is 0.800 bits per heavy atom. The summed E-state index contributed by atoms with van der Waals surface area (Å²) in [5.41, 5.74) is 0. The second-order valence-electron chi connectivity index (χ2n) is 7.85. The summed E-state index contributed by atoms with van der Waals surface area (Å²) in [5, 5.41) is 0. The van der Waals surface area contributed by atoms with Gasteiger partial charge in [0, 0.05) is 17.9 Å². The van der Waals surface area contributed by atoms with Gasteiger partial charge in [0.05, 0.1) is 8.07 Å². The smallest absolute Gasteiger partial charge is 0.0589 e. The van der Waals surface area contributed by atoms with E-state index in [1.807, 2.05) is 0 Å². The van der Waals surface area contributed by atoms with Crippen molar-refractivity contribution in [1.29, 1.82) is 0 Å². The van der Waals surface area contributed by atoms with Crippen LogP contribution in [0.25, 0.3) is 0 Å². The Bertz CT molecular complexity index is 259. The van der Waals surface area contributed by atoms with Crippen molar-refractivity contribution in [2.75, 3.05) is 6.66 Å². The lowest BCUT2D eigenvalue weighted by Gasteiger charge is -2.46. The van der Waals surface area contributed by atoms with Gasteiger partial charge < -0.3 is 0 Å². The molecule has 0 saturated heterocycles. The van der Waals surface area contributed by atoms with Crippen LogP contribution in [0.3, 0.4) is 0 Å². The van der Waals surface area contributed by atoms with Gasteiger partial charge >= 0.3 is 0 Å². The summed E-state index contributed by atoms with van der Waals surface area (Å²) in [7, 11) is -1.31. The third-order valence-corrected chi connectivity index (χ3v) is 10.1. The third kappa shape index (κ3) is 5.11. The molecule has 20 heavy (non-hydrogen) atoms. The van der Waals surface area contributed by atoms with Crippen LogP contribution >= 0.6 is 8.07 Å². The van der Waals surface area contributed by atoms with Gasteiger partial charge in [0.1, 0.15) is 0 Å². The molecule has 2 rings (SSSR count). The zero-order chi connectivity index (χ0) is 14.6. The topological polar surface area (TPSA) is 3.24 Å². The van der Waals surface area contributed by atoms with Crippen LogP contribution in [0.4, 0.5) is 0 Å². The molecule has 0 aliphatic heterocycles. The molecule has 1 unspecified atom stereocenters. The van der Waals surface area contributed by atoms with Crippen molar-refractivity contribution in [2.24, 2.45) is 0 Å². The van der Waals surface area contributed by atoms with E-state index in [9.17, 15) is 0 Å². The molecule has 0 spiro atoms. The van der Waals surface area contributed by atoms with E-state index in [0.29, 0.717) is 0 Å². The van der Waals surface area contributed by atoms with Gasteiger partial charge in [-0.3, -0.25) is 4.67 Å². The van der Waals surface area contributed by atoms with Crippen LogP contribution < -0.4 is 0 Å². The Morgan fingerprint density at radius 3 is 1.55 bits per heavy atom. The summed E-state index contributed by atoms with van der Waals surface area (Å²) < 4.78 is 2.98. The maximum atomic E-state index is 4.04. The van der Waals surface area contributed by atoms with Crippen LogP contribution in [0.1, 0.15) is 64.2 Å². The predicted octanol–water partition coefficient (Wildman–Crippen LogP) is 5.90. The first-order valence-corrected chi connectivity index (χ1v) is 14.0. The Kier molecular flexibility index (Phi) is 6.57. The predicted molar refractivity (Wildman–Crippen MR) is 95.0 cm³/mol. The van der Waals surface area contributed by atoms with Crippen molar-refractivity contribution < 1.29 is 0 Å². The fourth-order valence-corrected chi connectivity index (χ4v) is 9.81. The van der Waals surface area contributed by atoms with Crippen LogP contribution in [0.2, 0.25) is 19.6 Å². The highest BCUT2D eigenvalue weighted by atomic mass is 31.1. The number of rotatable bonds is 5. The molecule has 3 heteroatoms. The van der Waals surface area contributed by atoms with Crippen molar-refractivity contribution >= 4 is 16.1 Å². The monoisotopic (exact) mass is 311 g/mol. The summed E-state index contributed by atoms with van der Waals surface area (Å²) in [6, 6.07) is 1.76. The summed E-state index contributed by atoms with van der Waals surface area (Å²) in [6.07, 6.45) is 14.6. The number of nitrogens with zero attached hydrogens (tertiary/aromatic N) is 1. The van der Waals surface area contributed by atoms with E-state index in [1.165, 1.54) is 64.2 Å². The van der Waals surface area contributed by atoms with Crippen LogP contribution in [-0.2, 0) is 0 Å². The van der Waals surface area contributed by atoms with Crippen molar-refractivity contribution in [3.05, 3.63) is 5.79 Å². The zero-order valence-corrected chi connectivity index (χ0v) is 16.0. The first kappa shape index (κ1) is 17.0. The Balaban J connectivity index is 2.05.